The Morgan fingerprint density at radius 1 is 1.32 bits per heavy atom. The molecule has 1 saturated heterocycles. The SMILES string of the molecule is Cc1ccc(NC(=O)NC[C@H]2CCCN(Cc3nccn3C)C2)cc1. The molecule has 1 aromatic heterocycles. The molecule has 1 atom stereocenters. The zero-order chi connectivity index (χ0) is 17.6. The number of aryl methyl sites for hydroxylation is 2. The van der Waals surface area contributed by atoms with Crippen LogP contribution in [0.1, 0.15) is 24.2 Å². The first-order chi connectivity index (χ1) is 12.1. The topological polar surface area (TPSA) is 62.2 Å². The summed E-state index contributed by atoms with van der Waals surface area (Å²) in [6, 6.07) is 7.69. The molecule has 1 fully saturated rings. The molecule has 2 amide bonds. The molecule has 0 bridgehead atoms. The zero-order valence-electron chi connectivity index (χ0n) is 15.0. The molecule has 2 aromatic rings. The molecule has 2 heterocycles. The van der Waals surface area contributed by atoms with Gasteiger partial charge >= 0.3 is 6.03 Å². The van der Waals surface area contributed by atoms with Gasteiger partial charge in [0.25, 0.3) is 0 Å². The van der Waals surface area contributed by atoms with Gasteiger partial charge in [0.2, 0.25) is 0 Å². The van der Waals surface area contributed by atoms with Gasteiger partial charge < -0.3 is 15.2 Å². The predicted molar refractivity (Wildman–Crippen MR) is 99.4 cm³/mol. The van der Waals surface area contributed by atoms with Crippen LogP contribution in [0.5, 0.6) is 0 Å². The van der Waals surface area contributed by atoms with Crippen LogP contribution in [0.15, 0.2) is 36.7 Å². The maximum absolute atomic E-state index is 12.1. The third-order valence-corrected chi connectivity index (χ3v) is 4.75. The second-order valence-corrected chi connectivity index (χ2v) is 6.90. The first-order valence-corrected chi connectivity index (χ1v) is 8.90. The van der Waals surface area contributed by atoms with E-state index >= 15 is 0 Å². The van der Waals surface area contributed by atoms with Gasteiger partial charge in [0.1, 0.15) is 5.82 Å². The summed E-state index contributed by atoms with van der Waals surface area (Å²) in [6.45, 7) is 5.70. The summed E-state index contributed by atoms with van der Waals surface area (Å²) in [5.41, 5.74) is 2.00. The molecule has 1 aliphatic heterocycles. The maximum Gasteiger partial charge on any atom is 0.319 e. The quantitative estimate of drug-likeness (QED) is 0.879. The van der Waals surface area contributed by atoms with E-state index in [4.69, 9.17) is 0 Å². The van der Waals surface area contributed by atoms with Gasteiger partial charge in [0, 0.05) is 38.2 Å². The lowest BCUT2D eigenvalue weighted by Gasteiger charge is -2.32. The number of likely N-dealkylation sites (tertiary alicyclic amines) is 1. The fraction of sp³-hybridized carbons (Fsp3) is 0.474. The van der Waals surface area contributed by atoms with Gasteiger partial charge in [-0.2, -0.15) is 0 Å². The van der Waals surface area contributed by atoms with Crippen LogP contribution in [0.3, 0.4) is 0 Å². The minimum atomic E-state index is -0.134. The molecule has 1 aromatic carbocycles. The van der Waals surface area contributed by atoms with Crippen LogP contribution in [0, 0.1) is 12.8 Å². The third-order valence-electron chi connectivity index (χ3n) is 4.75. The Morgan fingerprint density at radius 2 is 2.12 bits per heavy atom. The van der Waals surface area contributed by atoms with E-state index in [9.17, 15) is 4.79 Å². The van der Waals surface area contributed by atoms with Gasteiger partial charge in [-0.05, 0) is 44.4 Å². The number of nitrogens with one attached hydrogen (secondary N) is 2. The van der Waals surface area contributed by atoms with Crippen LogP contribution < -0.4 is 10.6 Å². The lowest BCUT2D eigenvalue weighted by atomic mass is 9.98. The number of rotatable bonds is 5. The third kappa shape index (κ3) is 5.06. The highest BCUT2D eigenvalue weighted by Gasteiger charge is 2.21. The van der Waals surface area contributed by atoms with E-state index in [2.05, 4.69) is 25.1 Å². The predicted octanol–water partition coefficient (Wildman–Crippen LogP) is 2.76. The summed E-state index contributed by atoms with van der Waals surface area (Å²) in [4.78, 5) is 18.9. The molecule has 6 heteroatoms. The summed E-state index contributed by atoms with van der Waals surface area (Å²) >= 11 is 0. The minimum absolute atomic E-state index is 0.134. The molecule has 134 valence electrons. The average molecular weight is 341 g/mol. The van der Waals surface area contributed by atoms with Crippen molar-refractivity contribution in [3.05, 3.63) is 48.0 Å². The lowest BCUT2D eigenvalue weighted by molar-refractivity contribution is 0.161. The summed E-state index contributed by atoms with van der Waals surface area (Å²) in [6.07, 6.45) is 6.14. The number of carbonyl (C=O) groups excluding carboxylic acids is 1. The van der Waals surface area contributed by atoms with E-state index in [0.29, 0.717) is 12.5 Å². The molecule has 0 aliphatic carbocycles. The Kier molecular flexibility index (Phi) is 5.71. The van der Waals surface area contributed by atoms with Crippen LogP contribution >= 0.6 is 0 Å². The monoisotopic (exact) mass is 341 g/mol. The van der Waals surface area contributed by atoms with Crippen molar-refractivity contribution < 1.29 is 4.79 Å². The zero-order valence-corrected chi connectivity index (χ0v) is 15.0. The molecule has 0 unspecified atom stereocenters. The van der Waals surface area contributed by atoms with E-state index in [1.165, 1.54) is 5.56 Å². The van der Waals surface area contributed by atoms with Crippen molar-refractivity contribution in [1.82, 2.24) is 19.8 Å². The van der Waals surface area contributed by atoms with E-state index < -0.39 is 0 Å². The second-order valence-electron chi connectivity index (χ2n) is 6.90. The summed E-state index contributed by atoms with van der Waals surface area (Å²) in [5, 5.41) is 5.90. The Hall–Kier alpha value is -2.34. The Labute approximate surface area is 149 Å². The molecule has 0 saturated carbocycles. The lowest BCUT2D eigenvalue weighted by Crippen LogP contribution is -2.41. The Morgan fingerprint density at radius 3 is 2.84 bits per heavy atom. The minimum Gasteiger partial charge on any atom is -0.338 e. The highest BCUT2D eigenvalue weighted by molar-refractivity contribution is 5.89. The second kappa shape index (κ2) is 8.16. The van der Waals surface area contributed by atoms with Gasteiger partial charge in [-0.3, -0.25) is 4.90 Å². The number of carbonyl (C=O) groups is 1. The average Bonchev–Trinajstić information content (AvgIpc) is 3.00. The van der Waals surface area contributed by atoms with Gasteiger partial charge in [-0.15, -0.1) is 0 Å². The van der Waals surface area contributed by atoms with Crippen molar-refractivity contribution >= 4 is 11.7 Å². The van der Waals surface area contributed by atoms with E-state index in [1.54, 1.807) is 0 Å². The summed E-state index contributed by atoms with van der Waals surface area (Å²) in [5.74, 6) is 1.57. The molecular formula is C19H27N5O. The van der Waals surface area contributed by atoms with Crippen LogP contribution in [-0.4, -0.2) is 40.1 Å². The number of urea groups is 1. The first-order valence-electron chi connectivity index (χ1n) is 8.90. The summed E-state index contributed by atoms with van der Waals surface area (Å²) in [7, 11) is 2.03. The number of anilines is 1. The number of amides is 2. The standard InChI is InChI=1S/C19H27N5O/c1-15-5-7-17(8-6-15)22-19(25)21-12-16-4-3-10-24(13-16)14-18-20-9-11-23(18)2/h5-9,11,16H,3-4,10,12-14H2,1-2H3,(H2,21,22,25)/t16-/m1/s1. The molecule has 25 heavy (non-hydrogen) atoms. The molecule has 2 N–H and O–H groups in total. The van der Waals surface area contributed by atoms with Gasteiger partial charge in [0.05, 0.1) is 6.54 Å². The number of piperidine rings is 1. The van der Waals surface area contributed by atoms with E-state index in [0.717, 1.165) is 44.0 Å². The fourth-order valence-electron chi connectivity index (χ4n) is 3.26. The molecule has 0 radical (unpaired) electrons. The van der Waals surface area contributed by atoms with Crippen molar-refractivity contribution in [2.75, 3.05) is 25.0 Å². The van der Waals surface area contributed by atoms with Crippen molar-refractivity contribution in [3.8, 4) is 0 Å². The highest BCUT2D eigenvalue weighted by Crippen LogP contribution is 2.17. The largest absolute Gasteiger partial charge is 0.338 e. The molecule has 0 spiro atoms. The van der Waals surface area contributed by atoms with Gasteiger partial charge in [0.15, 0.2) is 0 Å². The van der Waals surface area contributed by atoms with Crippen LogP contribution in [0.2, 0.25) is 0 Å². The molecule has 3 rings (SSSR count). The van der Waals surface area contributed by atoms with Crippen LogP contribution in [-0.2, 0) is 13.6 Å². The maximum atomic E-state index is 12.1. The number of nitrogens with zero attached hydrogens (tertiary/aromatic N) is 3. The first kappa shape index (κ1) is 17.5. The number of hydrogen-bond acceptors (Lipinski definition) is 3. The van der Waals surface area contributed by atoms with Crippen molar-refractivity contribution in [2.24, 2.45) is 13.0 Å². The van der Waals surface area contributed by atoms with E-state index in [-0.39, 0.29) is 6.03 Å². The molecule has 6 nitrogen and oxygen atoms in total. The van der Waals surface area contributed by atoms with Crippen molar-refractivity contribution in [2.45, 2.75) is 26.3 Å². The van der Waals surface area contributed by atoms with Crippen LogP contribution in [0.25, 0.3) is 0 Å². The summed E-state index contributed by atoms with van der Waals surface area (Å²) < 4.78 is 2.07. The number of imidazole rings is 1. The molecular weight excluding hydrogens is 314 g/mol. The molecule has 1 aliphatic rings. The van der Waals surface area contributed by atoms with Crippen LogP contribution in [0.4, 0.5) is 10.5 Å². The Bertz CT molecular complexity index is 694. The number of aromatic nitrogens is 2. The Balaban J connectivity index is 1.43. The smallest absolute Gasteiger partial charge is 0.319 e. The highest BCUT2D eigenvalue weighted by atomic mass is 16.2. The number of benzene rings is 1. The van der Waals surface area contributed by atoms with Gasteiger partial charge in [-0.1, -0.05) is 17.7 Å². The van der Waals surface area contributed by atoms with Crippen molar-refractivity contribution in [1.29, 1.82) is 0 Å². The van der Waals surface area contributed by atoms with E-state index in [1.807, 2.05) is 50.6 Å². The normalized spacial score (nSPS) is 18.1. The van der Waals surface area contributed by atoms with Crippen molar-refractivity contribution in [3.63, 3.8) is 0 Å². The van der Waals surface area contributed by atoms with Gasteiger partial charge in [-0.25, -0.2) is 9.78 Å². The fourth-order valence-corrected chi connectivity index (χ4v) is 3.26. The number of hydrogen-bond donors (Lipinski definition) is 2.